The number of ether oxygens (including phenoxy) is 3. The summed E-state index contributed by atoms with van der Waals surface area (Å²) in [7, 11) is -2.35. The standard InChI is InChI=1S/C20H23N3O8S/c1-14-3-5-16(32(27,28)22-7-9-30-10-8-22)12-17(14)21-20(24)13-31-19-11-15(23(25)26)4-6-18(19)29-2/h3-6,11-12H,7-10,13H2,1-2H3,(H,21,24). The molecular weight excluding hydrogens is 442 g/mol. The summed E-state index contributed by atoms with van der Waals surface area (Å²) in [6.45, 7) is 2.44. The number of benzene rings is 2. The predicted octanol–water partition coefficient (Wildman–Crippen LogP) is 1.95. The number of sulfonamides is 1. The third kappa shape index (κ3) is 5.33. The van der Waals surface area contributed by atoms with E-state index in [9.17, 15) is 23.3 Å². The van der Waals surface area contributed by atoms with Gasteiger partial charge in [0.15, 0.2) is 18.1 Å². The summed E-state index contributed by atoms with van der Waals surface area (Å²) in [5, 5.41) is 13.6. The van der Waals surface area contributed by atoms with Crippen LogP contribution in [-0.2, 0) is 19.6 Å². The van der Waals surface area contributed by atoms with Gasteiger partial charge in [0.1, 0.15) is 0 Å². The largest absolute Gasteiger partial charge is 0.493 e. The second-order valence-electron chi connectivity index (χ2n) is 6.92. The van der Waals surface area contributed by atoms with Gasteiger partial charge >= 0.3 is 0 Å². The first-order valence-corrected chi connectivity index (χ1v) is 11.1. The Labute approximate surface area is 185 Å². The van der Waals surface area contributed by atoms with Crippen LogP contribution in [0.1, 0.15) is 5.56 Å². The number of carbonyl (C=O) groups excluding carboxylic acids is 1. The smallest absolute Gasteiger partial charge is 0.273 e. The molecule has 1 amide bonds. The van der Waals surface area contributed by atoms with Crippen LogP contribution in [0.3, 0.4) is 0 Å². The molecule has 1 N–H and O–H groups in total. The van der Waals surface area contributed by atoms with Crippen molar-refractivity contribution in [2.75, 3.05) is 45.3 Å². The zero-order chi connectivity index (χ0) is 23.3. The number of non-ortho nitro benzene ring substituents is 1. The maximum atomic E-state index is 12.9. The predicted molar refractivity (Wildman–Crippen MR) is 115 cm³/mol. The molecule has 0 bridgehead atoms. The van der Waals surface area contributed by atoms with Crippen LogP contribution in [0.2, 0.25) is 0 Å². The number of aryl methyl sites for hydroxylation is 1. The van der Waals surface area contributed by atoms with Crippen molar-refractivity contribution in [1.82, 2.24) is 4.31 Å². The fourth-order valence-corrected chi connectivity index (χ4v) is 4.49. The van der Waals surface area contributed by atoms with Crippen LogP contribution in [0.25, 0.3) is 0 Å². The van der Waals surface area contributed by atoms with Gasteiger partial charge in [-0.3, -0.25) is 14.9 Å². The highest BCUT2D eigenvalue weighted by atomic mass is 32.2. The maximum absolute atomic E-state index is 12.9. The van der Waals surface area contributed by atoms with Gasteiger partial charge in [0, 0.05) is 24.8 Å². The van der Waals surface area contributed by atoms with E-state index in [1.807, 2.05) is 0 Å². The van der Waals surface area contributed by atoms with Crippen molar-refractivity contribution in [3.05, 3.63) is 52.1 Å². The number of methoxy groups -OCH3 is 1. The van der Waals surface area contributed by atoms with Crippen LogP contribution in [0, 0.1) is 17.0 Å². The lowest BCUT2D eigenvalue weighted by Crippen LogP contribution is -2.40. The topological polar surface area (TPSA) is 137 Å². The van der Waals surface area contributed by atoms with Crippen LogP contribution in [0.4, 0.5) is 11.4 Å². The van der Waals surface area contributed by atoms with Gasteiger partial charge in [0.25, 0.3) is 11.6 Å². The first-order chi connectivity index (χ1) is 15.2. The van der Waals surface area contributed by atoms with E-state index >= 15 is 0 Å². The Hall–Kier alpha value is -3.22. The summed E-state index contributed by atoms with van der Waals surface area (Å²) < 4.78 is 42.8. The number of hydrogen-bond donors (Lipinski definition) is 1. The second kappa shape index (κ2) is 9.94. The fourth-order valence-electron chi connectivity index (χ4n) is 3.05. The third-order valence-electron chi connectivity index (χ3n) is 4.81. The van der Waals surface area contributed by atoms with Gasteiger partial charge in [0.2, 0.25) is 10.0 Å². The summed E-state index contributed by atoms with van der Waals surface area (Å²) >= 11 is 0. The Bertz CT molecular complexity index is 1110. The van der Waals surface area contributed by atoms with Crippen molar-refractivity contribution >= 4 is 27.3 Å². The van der Waals surface area contributed by atoms with Crippen LogP contribution in [0.15, 0.2) is 41.3 Å². The monoisotopic (exact) mass is 465 g/mol. The van der Waals surface area contributed by atoms with Gasteiger partial charge in [-0.05, 0) is 30.7 Å². The maximum Gasteiger partial charge on any atom is 0.273 e. The zero-order valence-corrected chi connectivity index (χ0v) is 18.4. The van der Waals surface area contributed by atoms with E-state index in [-0.39, 0.29) is 35.2 Å². The molecule has 0 spiro atoms. The number of rotatable bonds is 8. The molecule has 0 atom stereocenters. The van der Waals surface area contributed by atoms with Crippen LogP contribution >= 0.6 is 0 Å². The van der Waals surface area contributed by atoms with Crippen LogP contribution in [-0.4, -0.2) is 63.6 Å². The van der Waals surface area contributed by atoms with Crippen molar-refractivity contribution in [3.8, 4) is 11.5 Å². The highest BCUT2D eigenvalue weighted by Gasteiger charge is 2.27. The number of morpholine rings is 1. The van der Waals surface area contributed by atoms with Gasteiger partial charge < -0.3 is 19.5 Å². The number of hydrogen-bond acceptors (Lipinski definition) is 8. The number of nitro benzene ring substituents is 1. The molecule has 1 heterocycles. The van der Waals surface area contributed by atoms with Crippen molar-refractivity contribution in [3.63, 3.8) is 0 Å². The zero-order valence-electron chi connectivity index (χ0n) is 17.6. The summed E-state index contributed by atoms with van der Waals surface area (Å²) in [6.07, 6.45) is 0. The summed E-state index contributed by atoms with van der Waals surface area (Å²) in [4.78, 5) is 22.9. The fraction of sp³-hybridized carbons (Fsp3) is 0.350. The molecule has 2 aromatic carbocycles. The number of carbonyl (C=O) groups is 1. The molecule has 0 aliphatic carbocycles. The molecule has 3 rings (SSSR count). The molecule has 1 saturated heterocycles. The number of anilines is 1. The van der Waals surface area contributed by atoms with E-state index in [4.69, 9.17) is 14.2 Å². The number of nitro groups is 1. The third-order valence-corrected chi connectivity index (χ3v) is 6.70. The number of nitrogens with zero attached hydrogens (tertiary/aromatic N) is 2. The van der Waals surface area contributed by atoms with E-state index in [1.54, 1.807) is 13.0 Å². The molecule has 12 heteroatoms. The van der Waals surface area contributed by atoms with Crippen molar-refractivity contribution in [2.45, 2.75) is 11.8 Å². The molecule has 32 heavy (non-hydrogen) atoms. The van der Waals surface area contributed by atoms with E-state index in [0.29, 0.717) is 24.5 Å². The van der Waals surface area contributed by atoms with Gasteiger partial charge in [-0.25, -0.2) is 8.42 Å². The molecule has 0 unspecified atom stereocenters. The highest BCUT2D eigenvalue weighted by Crippen LogP contribution is 2.31. The summed E-state index contributed by atoms with van der Waals surface area (Å²) in [5.74, 6) is -0.294. The average Bonchev–Trinajstić information content (AvgIpc) is 2.79. The minimum Gasteiger partial charge on any atom is -0.493 e. The molecule has 1 aliphatic heterocycles. The molecule has 0 radical (unpaired) electrons. The van der Waals surface area contributed by atoms with E-state index in [0.717, 1.165) is 6.07 Å². The van der Waals surface area contributed by atoms with Gasteiger partial charge in [-0.2, -0.15) is 4.31 Å². The normalized spacial score (nSPS) is 14.6. The Morgan fingerprint density at radius 2 is 1.91 bits per heavy atom. The minimum atomic E-state index is -3.72. The summed E-state index contributed by atoms with van der Waals surface area (Å²) in [5.41, 5.74) is 0.768. The molecule has 172 valence electrons. The highest BCUT2D eigenvalue weighted by molar-refractivity contribution is 7.89. The lowest BCUT2D eigenvalue weighted by Gasteiger charge is -2.26. The van der Waals surface area contributed by atoms with Gasteiger partial charge in [-0.15, -0.1) is 0 Å². The van der Waals surface area contributed by atoms with Gasteiger partial charge in [-0.1, -0.05) is 6.07 Å². The van der Waals surface area contributed by atoms with E-state index < -0.39 is 27.5 Å². The first kappa shape index (κ1) is 23.4. The van der Waals surface area contributed by atoms with Gasteiger partial charge in [0.05, 0.1) is 36.2 Å². The SMILES string of the molecule is COc1ccc([N+](=O)[O-])cc1OCC(=O)Nc1cc(S(=O)(=O)N2CCOCC2)ccc1C. The molecule has 0 aromatic heterocycles. The Balaban J connectivity index is 1.72. The Morgan fingerprint density at radius 3 is 2.56 bits per heavy atom. The molecule has 2 aromatic rings. The average molecular weight is 465 g/mol. The lowest BCUT2D eigenvalue weighted by molar-refractivity contribution is -0.385. The minimum absolute atomic E-state index is 0.0391. The number of amides is 1. The Morgan fingerprint density at radius 1 is 1.19 bits per heavy atom. The Kier molecular flexibility index (Phi) is 7.28. The quantitative estimate of drug-likeness (QED) is 0.461. The molecule has 1 aliphatic rings. The van der Waals surface area contributed by atoms with Crippen molar-refractivity contribution in [2.24, 2.45) is 0 Å². The van der Waals surface area contributed by atoms with Crippen molar-refractivity contribution < 1.29 is 32.3 Å². The molecule has 0 saturated carbocycles. The van der Waals surface area contributed by atoms with Crippen LogP contribution < -0.4 is 14.8 Å². The second-order valence-corrected chi connectivity index (χ2v) is 8.86. The van der Waals surface area contributed by atoms with E-state index in [1.165, 1.54) is 35.7 Å². The lowest BCUT2D eigenvalue weighted by atomic mass is 10.2. The number of nitrogens with one attached hydrogen (secondary N) is 1. The first-order valence-electron chi connectivity index (χ1n) is 9.66. The van der Waals surface area contributed by atoms with E-state index in [2.05, 4.69) is 5.32 Å². The van der Waals surface area contributed by atoms with Crippen LogP contribution in [0.5, 0.6) is 11.5 Å². The molecule has 1 fully saturated rings. The van der Waals surface area contributed by atoms with Crippen molar-refractivity contribution in [1.29, 1.82) is 0 Å². The molecule has 11 nitrogen and oxygen atoms in total. The summed E-state index contributed by atoms with van der Waals surface area (Å²) in [6, 6.07) is 8.28. The molecular formula is C20H23N3O8S.